The summed E-state index contributed by atoms with van der Waals surface area (Å²) in [5.74, 6) is 0.729. The number of thioether (sulfide) groups is 1. The second-order valence-electron chi connectivity index (χ2n) is 2.41. The summed E-state index contributed by atoms with van der Waals surface area (Å²) in [6.07, 6.45) is -0.246. The van der Waals surface area contributed by atoms with Gasteiger partial charge in [-0.2, -0.15) is 0 Å². The van der Waals surface area contributed by atoms with Crippen molar-refractivity contribution in [1.82, 2.24) is 4.98 Å². The van der Waals surface area contributed by atoms with Gasteiger partial charge in [-0.3, -0.25) is 0 Å². The Bertz CT molecular complexity index is 222. The molecule has 1 unspecified atom stereocenters. The zero-order valence-corrected chi connectivity index (χ0v) is 8.21. The van der Waals surface area contributed by atoms with Gasteiger partial charge in [0.25, 0.3) is 0 Å². The molecule has 0 spiro atoms. The van der Waals surface area contributed by atoms with Crippen LogP contribution in [0.4, 0.5) is 0 Å². The predicted molar refractivity (Wildman–Crippen MR) is 49.3 cm³/mol. The van der Waals surface area contributed by atoms with Crippen molar-refractivity contribution in [2.75, 3.05) is 5.75 Å². The number of hydrogen-bond donors (Lipinski definition) is 1. The van der Waals surface area contributed by atoms with Crippen molar-refractivity contribution in [3.63, 3.8) is 0 Å². The van der Waals surface area contributed by atoms with Crippen LogP contribution in [0.5, 0.6) is 0 Å². The third kappa shape index (κ3) is 3.22. The average molecular weight is 189 g/mol. The number of aromatic nitrogens is 1. The van der Waals surface area contributed by atoms with Crippen molar-refractivity contribution in [3.05, 3.63) is 11.1 Å². The van der Waals surface area contributed by atoms with E-state index in [1.807, 2.05) is 12.3 Å². The summed E-state index contributed by atoms with van der Waals surface area (Å²) in [6.45, 7) is 3.76. The van der Waals surface area contributed by atoms with E-state index in [1.165, 1.54) is 0 Å². The zero-order chi connectivity index (χ0) is 8.27. The quantitative estimate of drug-likeness (QED) is 0.737. The van der Waals surface area contributed by atoms with Crippen LogP contribution in [0.15, 0.2) is 9.72 Å². The van der Waals surface area contributed by atoms with Crippen LogP contribution >= 0.6 is 23.1 Å². The van der Waals surface area contributed by atoms with Gasteiger partial charge < -0.3 is 5.11 Å². The molecule has 1 aromatic rings. The predicted octanol–water partition coefficient (Wildman–Crippen LogP) is 1.92. The molecule has 1 atom stereocenters. The number of aryl methyl sites for hydroxylation is 1. The molecule has 0 aromatic carbocycles. The Morgan fingerprint density at radius 3 is 3.00 bits per heavy atom. The molecule has 0 bridgehead atoms. The summed E-state index contributed by atoms with van der Waals surface area (Å²) in [4.78, 5) is 4.25. The Morgan fingerprint density at radius 2 is 2.55 bits per heavy atom. The van der Waals surface area contributed by atoms with Gasteiger partial charge in [-0.05, 0) is 13.8 Å². The summed E-state index contributed by atoms with van der Waals surface area (Å²) in [5, 5.41) is 11.0. The Kier molecular flexibility index (Phi) is 3.36. The van der Waals surface area contributed by atoms with Crippen molar-refractivity contribution in [2.24, 2.45) is 0 Å². The van der Waals surface area contributed by atoms with Gasteiger partial charge in [-0.1, -0.05) is 11.8 Å². The number of aliphatic hydroxyl groups excluding tert-OH is 1. The highest BCUT2D eigenvalue weighted by molar-refractivity contribution is 8.01. The fourth-order valence-corrected chi connectivity index (χ4v) is 2.32. The number of aliphatic hydroxyl groups is 1. The molecule has 1 heterocycles. The van der Waals surface area contributed by atoms with Crippen LogP contribution in [0.1, 0.15) is 12.6 Å². The summed E-state index contributed by atoms with van der Waals surface area (Å²) in [6, 6.07) is 0. The van der Waals surface area contributed by atoms with Crippen LogP contribution in [-0.2, 0) is 0 Å². The minimum atomic E-state index is -0.246. The zero-order valence-electron chi connectivity index (χ0n) is 6.57. The normalized spacial score (nSPS) is 13.4. The minimum absolute atomic E-state index is 0.246. The lowest BCUT2D eigenvalue weighted by molar-refractivity contribution is 0.220. The van der Waals surface area contributed by atoms with E-state index in [1.54, 1.807) is 30.0 Å². The average Bonchev–Trinajstić information content (AvgIpc) is 2.31. The summed E-state index contributed by atoms with van der Waals surface area (Å²) >= 11 is 3.24. The first-order valence-electron chi connectivity index (χ1n) is 3.41. The van der Waals surface area contributed by atoms with E-state index in [0.29, 0.717) is 0 Å². The van der Waals surface area contributed by atoms with Crippen LogP contribution in [0.2, 0.25) is 0 Å². The third-order valence-electron chi connectivity index (χ3n) is 1.05. The van der Waals surface area contributed by atoms with Gasteiger partial charge in [-0.15, -0.1) is 11.3 Å². The van der Waals surface area contributed by atoms with E-state index in [9.17, 15) is 0 Å². The van der Waals surface area contributed by atoms with Crippen LogP contribution in [0.25, 0.3) is 0 Å². The maximum Gasteiger partial charge on any atom is 0.150 e. The molecule has 0 radical (unpaired) electrons. The van der Waals surface area contributed by atoms with E-state index in [4.69, 9.17) is 5.11 Å². The maximum absolute atomic E-state index is 8.98. The van der Waals surface area contributed by atoms with E-state index in [2.05, 4.69) is 4.98 Å². The summed E-state index contributed by atoms with van der Waals surface area (Å²) in [5.41, 5.74) is 1.06. The SMILES string of the molecule is Cc1csc(SCC(C)O)n1. The topological polar surface area (TPSA) is 33.1 Å². The van der Waals surface area contributed by atoms with Gasteiger partial charge in [0.2, 0.25) is 0 Å². The smallest absolute Gasteiger partial charge is 0.150 e. The molecule has 0 amide bonds. The van der Waals surface area contributed by atoms with E-state index >= 15 is 0 Å². The van der Waals surface area contributed by atoms with Crippen molar-refractivity contribution in [2.45, 2.75) is 24.3 Å². The van der Waals surface area contributed by atoms with E-state index in [-0.39, 0.29) is 6.10 Å². The second kappa shape index (κ2) is 4.09. The van der Waals surface area contributed by atoms with Gasteiger partial charge in [0, 0.05) is 16.8 Å². The molecule has 0 saturated carbocycles. The molecule has 4 heteroatoms. The number of nitrogens with zero attached hydrogens (tertiary/aromatic N) is 1. The molecule has 0 saturated heterocycles. The third-order valence-corrected chi connectivity index (χ3v) is 3.43. The fraction of sp³-hybridized carbons (Fsp3) is 0.571. The van der Waals surface area contributed by atoms with Crippen molar-refractivity contribution in [1.29, 1.82) is 0 Å². The van der Waals surface area contributed by atoms with Crippen LogP contribution in [-0.4, -0.2) is 21.9 Å². The highest BCUT2D eigenvalue weighted by Crippen LogP contribution is 2.22. The van der Waals surface area contributed by atoms with Gasteiger partial charge >= 0.3 is 0 Å². The van der Waals surface area contributed by atoms with E-state index < -0.39 is 0 Å². The molecule has 0 fully saturated rings. The van der Waals surface area contributed by atoms with Gasteiger partial charge in [0.05, 0.1) is 6.10 Å². The maximum atomic E-state index is 8.98. The van der Waals surface area contributed by atoms with Crippen LogP contribution in [0.3, 0.4) is 0 Å². The first-order chi connectivity index (χ1) is 5.18. The van der Waals surface area contributed by atoms with Gasteiger partial charge in [0.1, 0.15) is 4.34 Å². The number of thiazole rings is 1. The molecule has 11 heavy (non-hydrogen) atoms. The molecule has 62 valence electrons. The first-order valence-corrected chi connectivity index (χ1v) is 5.28. The van der Waals surface area contributed by atoms with Crippen LogP contribution in [0, 0.1) is 6.92 Å². The molecular weight excluding hydrogens is 178 g/mol. The van der Waals surface area contributed by atoms with Crippen molar-refractivity contribution < 1.29 is 5.11 Å². The fourth-order valence-electron chi connectivity index (χ4n) is 0.591. The molecule has 2 nitrogen and oxygen atoms in total. The van der Waals surface area contributed by atoms with Crippen molar-refractivity contribution in [3.8, 4) is 0 Å². The highest BCUT2D eigenvalue weighted by atomic mass is 32.2. The first kappa shape index (κ1) is 9.03. The Balaban J connectivity index is 2.39. The number of hydrogen-bond acceptors (Lipinski definition) is 4. The lowest BCUT2D eigenvalue weighted by atomic mass is 10.5. The number of rotatable bonds is 3. The molecule has 0 aliphatic heterocycles. The lowest BCUT2D eigenvalue weighted by Gasteiger charge is -1.98. The molecule has 1 rings (SSSR count). The monoisotopic (exact) mass is 189 g/mol. The van der Waals surface area contributed by atoms with Crippen LogP contribution < -0.4 is 0 Å². The molecule has 1 N–H and O–H groups in total. The molecular formula is C7H11NOS2. The molecule has 0 aliphatic rings. The lowest BCUT2D eigenvalue weighted by Crippen LogP contribution is -2.01. The van der Waals surface area contributed by atoms with Gasteiger partial charge in [0.15, 0.2) is 0 Å². The van der Waals surface area contributed by atoms with Crippen molar-refractivity contribution >= 4 is 23.1 Å². The summed E-state index contributed by atoms with van der Waals surface area (Å²) in [7, 11) is 0. The second-order valence-corrected chi connectivity index (χ2v) is 4.54. The van der Waals surface area contributed by atoms with Gasteiger partial charge in [-0.25, -0.2) is 4.98 Å². The molecule has 0 aliphatic carbocycles. The van der Waals surface area contributed by atoms with E-state index in [0.717, 1.165) is 15.8 Å². The minimum Gasteiger partial charge on any atom is -0.393 e. The Morgan fingerprint density at radius 1 is 1.82 bits per heavy atom. The molecule has 1 aromatic heterocycles. The standard InChI is InChI=1S/C7H11NOS2/c1-5-3-10-7(8-5)11-4-6(2)9/h3,6,9H,4H2,1-2H3. The highest BCUT2D eigenvalue weighted by Gasteiger charge is 2.01. The summed E-state index contributed by atoms with van der Waals surface area (Å²) < 4.78 is 1.04. The Hall–Kier alpha value is -0.0600. The Labute approximate surface area is 74.7 Å². The largest absolute Gasteiger partial charge is 0.393 e.